The molecule has 6 heteroatoms. The van der Waals surface area contributed by atoms with Gasteiger partial charge in [0.05, 0.1) is 0 Å². The molecule has 0 saturated carbocycles. The standard InChI is InChI=1S/5C6H4F.Ti/c5*7-6-4-2-1-3-5-6;/h5*1-4H;. The second-order valence-electron chi connectivity index (χ2n) is 8.65. The van der Waals surface area contributed by atoms with E-state index in [-0.39, 0.29) is 19.3 Å². The molecule has 0 aliphatic heterocycles. The van der Waals surface area contributed by atoms with Gasteiger partial charge in [-0.2, -0.15) is 0 Å². The molecule has 0 radical (unpaired) electrons. The number of benzene rings is 5. The van der Waals surface area contributed by atoms with Crippen LogP contribution in [0.1, 0.15) is 0 Å². The maximum absolute atomic E-state index is 16.2. The first-order chi connectivity index (χ1) is 17.4. The third-order valence-corrected chi connectivity index (χ3v) is 18.6. The second-order valence-corrected chi connectivity index (χ2v) is 16.8. The molecule has 0 aliphatic carbocycles. The molecule has 0 atom stereocenters. The van der Waals surface area contributed by atoms with Gasteiger partial charge in [0, 0.05) is 0 Å². The van der Waals surface area contributed by atoms with Crippen LogP contribution in [0.3, 0.4) is 0 Å². The monoisotopic (exact) mass is 523 g/mol. The molecule has 0 aliphatic rings. The molecule has 0 amide bonds. The van der Waals surface area contributed by atoms with Gasteiger partial charge >= 0.3 is 207 Å². The Labute approximate surface area is 206 Å². The zero-order valence-corrected chi connectivity index (χ0v) is 20.5. The maximum atomic E-state index is 16.2. The summed E-state index contributed by atoms with van der Waals surface area (Å²) in [6.07, 6.45) is 0. The number of rotatable bonds is 5. The average molecular weight is 523 g/mol. The van der Waals surface area contributed by atoms with Gasteiger partial charge in [0.2, 0.25) is 0 Å². The van der Waals surface area contributed by atoms with Gasteiger partial charge in [0.1, 0.15) is 0 Å². The summed E-state index contributed by atoms with van der Waals surface area (Å²) < 4.78 is 80.1. The van der Waals surface area contributed by atoms with Crippen molar-refractivity contribution < 1.29 is 37.3 Å². The molecule has 0 fully saturated rings. The first-order valence-electron chi connectivity index (χ1n) is 11.3. The fourth-order valence-electron chi connectivity index (χ4n) is 5.78. The average Bonchev–Trinajstić information content (AvgIpc) is 2.89. The van der Waals surface area contributed by atoms with Crippen LogP contribution in [0.2, 0.25) is 0 Å². The Kier molecular flexibility index (Phi) is 6.15. The van der Waals surface area contributed by atoms with E-state index in [0.29, 0.717) is 0 Å². The summed E-state index contributed by atoms with van der Waals surface area (Å²) in [5.41, 5.74) is 0. The number of hydrogen-bond acceptors (Lipinski definition) is 0. The van der Waals surface area contributed by atoms with Crippen molar-refractivity contribution >= 4 is 19.3 Å². The Morgan fingerprint density at radius 2 is 0.444 bits per heavy atom. The van der Waals surface area contributed by atoms with Gasteiger partial charge in [-0.3, -0.25) is 0 Å². The van der Waals surface area contributed by atoms with Crippen LogP contribution in [0, 0.1) is 29.1 Å². The summed E-state index contributed by atoms with van der Waals surface area (Å²) in [7, 11) is 0. The number of hydrogen-bond donors (Lipinski definition) is 0. The van der Waals surface area contributed by atoms with E-state index in [1.165, 1.54) is 91.0 Å². The molecule has 179 valence electrons. The summed E-state index contributed by atoms with van der Waals surface area (Å²) in [6, 6.07) is 27.5. The van der Waals surface area contributed by atoms with Gasteiger partial charge < -0.3 is 0 Å². The van der Waals surface area contributed by atoms with Crippen molar-refractivity contribution in [2.45, 2.75) is 0 Å². The van der Waals surface area contributed by atoms with Gasteiger partial charge in [0.15, 0.2) is 0 Å². The molecule has 5 aromatic carbocycles. The van der Waals surface area contributed by atoms with Crippen LogP contribution in [0.25, 0.3) is 0 Å². The van der Waals surface area contributed by atoms with E-state index in [1.807, 2.05) is 0 Å². The first kappa shape index (κ1) is 24.2. The Balaban J connectivity index is 2.29. The third-order valence-electron chi connectivity index (χ3n) is 7.06. The summed E-state index contributed by atoms with van der Waals surface area (Å²) in [5.74, 6) is -4.06. The van der Waals surface area contributed by atoms with Crippen molar-refractivity contribution in [1.82, 2.24) is 0 Å². The van der Waals surface area contributed by atoms with Crippen molar-refractivity contribution in [3.8, 4) is 0 Å². The minimum atomic E-state index is -6.47. The molecule has 0 saturated heterocycles. The van der Waals surface area contributed by atoms with E-state index in [2.05, 4.69) is 0 Å². The van der Waals surface area contributed by atoms with Gasteiger partial charge in [-0.15, -0.1) is 0 Å². The Morgan fingerprint density at radius 3 is 0.611 bits per heavy atom. The quantitative estimate of drug-likeness (QED) is 0.225. The Morgan fingerprint density at radius 1 is 0.278 bits per heavy atom. The van der Waals surface area contributed by atoms with E-state index in [9.17, 15) is 0 Å². The van der Waals surface area contributed by atoms with Crippen LogP contribution in [0.4, 0.5) is 22.0 Å². The molecule has 0 bridgehead atoms. The van der Waals surface area contributed by atoms with Crippen molar-refractivity contribution in [1.29, 1.82) is 0 Å². The van der Waals surface area contributed by atoms with Crippen molar-refractivity contribution in [3.05, 3.63) is 150 Å². The fourth-order valence-corrected chi connectivity index (χ4v) is 18.0. The predicted molar refractivity (Wildman–Crippen MR) is 130 cm³/mol. The summed E-state index contributed by atoms with van der Waals surface area (Å²) in [5, 5.41) is 0. The van der Waals surface area contributed by atoms with E-state index in [4.69, 9.17) is 0 Å². The molecular formula is C30H20F5Ti. The molecule has 5 aromatic rings. The predicted octanol–water partition coefficient (Wildman–Crippen LogP) is 5.00. The van der Waals surface area contributed by atoms with Gasteiger partial charge in [-0.05, 0) is 0 Å². The fraction of sp³-hybridized carbons (Fsp3) is 0. The molecule has 0 spiro atoms. The van der Waals surface area contributed by atoms with Crippen molar-refractivity contribution in [3.63, 3.8) is 0 Å². The minimum absolute atomic E-state index is 0.139. The first-order valence-corrected chi connectivity index (χ1v) is 15.2. The molecule has 36 heavy (non-hydrogen) atoms. The van der Waals surface area contributed by atoms with Crippen LogP contribution in [-0.4, -0.2) is 0 Å². The van der Waals surface area contributed by atoms with Gasteiger partial charge in [-0.25, -0.2) is 0 Å². The SMILES string of the molecule is Fc1cccc[c]1[Ti]([c]1ccccc1F)([c]1ccccc1F)([c]1ccccc1F)[c]1ccccc1F. The van der Waals surface area contributed by atoms with Crippen molar-refractivity contribution in [2.75, 3.05) is 0 Å². The molecule has 0 N–H and O–H groups in total. The van der Waals surface area contributed by atoms with Crippen LogP contribution >= 0.6 is 0 Å². The van der Waals surface area contributed by atoms with E-state index in [0.717, 1.165) is 30.3 Å². The molecule has 0 heterocycles. The Hall–Kier alpha value is -3.54. The summed E-state index contributed by atoms with van der Waals surface area (Å²) in [6.45, 7) is 0. The number of halogens is 5. The van der Waals surface area contributed by atoms with Crippen LogP contribution in [0.5, 0.6) is 0 Å². The van der Waals surface area contributed by atoms with E-state index < -0.39 is 44.4 Å². The van der Waals surface area contributed by atoms with Gasteiger partial charge in [-0.1, -0.05) is 0 Å². The molecule has 0 nitrogen and oxygen atoms in total. The second kappa shape index (κ2) is 9.16. The summed E-state index contributed by atoms with van der Waals surface area (Å²) >= 11 is -6.47. The third kappa shape index (κ3) is 3.16. The summed E-state index contributed by atoms with van der Waals surface area (Å²) in [4.78, 5) is 0. The molecule has 5 rings (SSSR count). The van der Waals surface area contributed by atoms with Crippen LogP contribution in [-0.2, 0) is 15.3 Å². The van der Waals surface area contributed by atoms with E-state index >= 15 is 22.0 Å². The van der Waals surface area contributed by atoms with Gasteiger partial charge in [0.25, 0.3) is 0 Å². The molecule has 0 aromatic heterocycles. The molecule has 0 unspecified atom stereocenters. The zero-order valence-electron chi connectivity index (χ0n) is 18.9. The topological polar surface area (TPSA) is 0 Å². The normalized spacial score (nSPS) is 12.6. The molecular weight excluding hydrogens is 503 g/mol. The van der Waals surface area contributed by atoms with E-state index in [1.54, 1.807) is 0 Å². The van der Waals surface area contributed by atoms with Crippen LogP contribution in [0.15, 0.2) is 121 Å². The van der Waals surface area contributed by atoms with Crippen LogP contribution < -0.4 is 19.3 Å². The zero-order chi connectivity index (χ0) is 25.4. The van der Waals surface area contributed by atoms with Crippen molar-refractivity contribution in [2.24, 2.45) is 0 Å². The Bertz CT molecular complexity index is 1300.